The predicted molar refractivity (Wildman–Crippen MR) is 104 cm³/mol. The summed E-state index contributed by atoms with van der Waals surface area (Å²) in [7, 11) is 1.62. The van der Waals surface area contributed by atoms with Crippen molar-refractivity contribution in [2.24, 2.45) is 5.73 Å². The molecule has 2 aliphatic rings. The van der Waals surface area contributed by atoms with Crippen LogP contribution in [0.2, 0.25) is 0 Å². The van der Waals surface area contributed by atoms with E-state index in [2.05, 4.69) is 11.0 Å². The van der Waals surface area contributed by atoms with Gasteiger partial charge in [0.25, 0.3) is 5.91 Å². The summed E-state index contributed by atoms with van der Waals surface area (Å²) in [6.07, 6.45) is 13.0. The molecule has 1 aromatic carbocycles. The molecule has 2 aliphatic carbocycles. The number of carbonyl (C=O) groups excluding carboxylic acids is 1. The van der Waals surface area contributed by atoms with Gasteiger partial charge in [-0.25, -0.2) is 0 Å². The van der Waals surface area contributed by atoms with E-state index in [0.29, 0.717) is 23.6 Å². The first-order valence-electron chi connectivity index (χ1n) is 10.1. The average Bonchev–Trinajstić information content (AvgIpc) is 2.68. The molecule has 0 heterocycles. The third kappa shape index (κ3) is 4.63. The molecule has 144 valence electrons. The molecule has 0 unspecified atom stereocenters. The van der Waals surface area contributed by atoms with Crippen molar-refractivity contribution in [3.63, 3.8) is 0 Å². The van der Waals surface area contributed by atoms with Crippen LogP contribution >= 0.6 is 0 Å². The van der Waals surface area contributed by atoms with Crippen molar-refractivity contribution >= 4 is 11.6 Å². The Morgan fingerprint density at radius 1 is 1.00 bits per heavy atom. The van der Waals surface area contributed by atoms with Crippen LogP contribution in [-0.4, -0.2) is 31.7 Å². The second-order valence-corrected chi connectivity index (χ2v) is 7.58. The fourth-order valence-corrected chi connectivity index (χ4v) is 4.53. The Balaban J connectivity index is 1.88. The summed E-state index contributed by atoms with van der Waals surface area (Å²) in [4.78, 5) is 13.8. The van der Waals surface area contributed by atoms with Gasteiger partial charge in [0.15, 0.2) is 18.1 Å². The van der Waals surface area contributed by atoms with Crippen LogP contribution in [0.25, 0.3) is 0 Å². The molecule has 2 saturated carbocycles. The van der Waals surface area contributed by atoms with Gasteiger partial charge in [-0.05, 0) is 37.8 Å². The van der Waals surface area contributed by atoms with Gasteiger partial charge in [0, 0.05) is 23.8 Å². The maximum Gasteiger partial charge on any atom is 0.255 e. The lowest BCUT2D eigenvalue weighted by Crippen LogP contribution is -2.45. The van der Waals surface area contributed by atoms with Gasteiger partial charge >= 0.3 is 0 Å². The van der Waals surface area contributed by atoms with E-state index in [1.165, 1.54) is 69.9 Å². The minimum Gasteiger partial charge on any atom is -0.493 e. The first kappa shape index (κ1) is 18.9. The fourth-order valence-electron chi connectivity index (χ4n) is 4.53. The number of nitrogens with two attached hydrogens (primary N) is 1. The highest BCUT2D eigenvalue weighted by Gasteiger charge is 2.29. The highest BCUT2D eigenvalue weighted by molar-refractivity contribution is 5.75. The number of methoxy groups -OCH3 is 1. The van der Waals surface area contributed by atoms with Gasteiger partial charge in [-0.2, -0.15) is 0 Å². The number of rotatable bonds is 7. The maximum absolute atomic E-state index is 11.1. The summed E-state index contributed by atoms with van der Waals surface area (Å²) in [6, 6.07) is 7.32. The molecule has 1 aromatic rings. The first-order valence-corrected chi connectivity index (χ1v) is 10.1. The van der Waals surface area contributed by atoms with Crippen LogP contribution in [0.3, 0.4) is 0 Å². The van der Waals surface area contributed by atoms with Gasteiger partial charge in [-0.3, -0.25) is 4.79 Å². The number of anilines is 1. The number of hydrogen-bond acceptors (Lipinski definition) is 4. The molecule has 2 fully saturated rings. The number of hydrogen-bond donors (Lipinski definition) is 1. The number of nitrogens with zero attached hydrogens (tertiary/aromatic N) is 1. The van der Waals surface area contributed by atoms with E-state index in [1.54, 1.807) is 7.11 Å². The molecular formula is C21H32N2O3. The van der Waals surface area contributed by atoms with Crippen LogP contribution in [0.1, 0.15) is 64.2 Å². The monoisotopic (exact) mass is 360 g/mol. The van der Waals surface area contributed by atoms with E-state index in [1.807, 2.05) is 12.1 Å². The Bertz CT molecular complexity index is 575. The van der Waals surface area contributed by atoms with Crippen molar-refractivity contribution < 1.29 is 14.3 Å². The zero-order valence-electron chi connectivity index (χ0n) is 15.9. The second-order valence-electron chi connectivity index (χ2n) is 7.58. The molecule has 2 N–H and O–H groups in total. The van der Waals surface area contributed by atoms with Crippen LogP contribution < -0.4 is 20.1 Å². The maximum atomic E-state index is 11.1. The number of ether oxygens (including phenoxy) is 2. The summed E-state index contributed by atoms with van der Waals surface area (Å²) in [5, 5.41) is 0. The van der Waals surface area contributed by atoms with Gasteiger partial charge in [0.05, 0.1) is 7.11 Å². The van der Waals surface area contributed by atoms with Gasteiger partial charge in [-0.1, -0.05) is 38.5 Å². The Hall–Kier alpha value is -1.91. The Kier molecular flexibility index (Phi) is 6.64. The Morgan fingerprint density at radius 2 is 1.58 bits per heavy atom. The molecule has 0 radical (unpaired) electrons. The molecule has 0 bridgehead atoms. The molecule has 0 spiro atoms. The van der Waals surface area contributed by atoms with Gasteiger partial charge in [0.2, 0.25) is 0 Å². The zero-order chi connectivity index (χ0) is 18.4. The quantitative estimate of drug-likeness (QED) is 0.797. The van der Waals surface area contributed by atoms with Crippen molar-refractivity contribution in [3.8, 4) is 11.5 Å². The Labute approximate surface area is 156 Å². The molecule has 0 aliphatic heterocycles. The summed E-state index contributed by atoms with van der Waals surface area (Å²) >= 11 is 0. The summed E-state index contributed by atoms with van der Waals surface area (Å²) < 4.78 is 11.0. The van der Waals surface area contributed by atoms with Gasteiger partial charge in [-0.15, -0.1) is 0 Å². The van der Waals surface area contributed by atoms with Crippen LogP contribution in [0.4, 0.5) is 5.69 Å². The molecule has 0 aromatic heterocycles. The lowest BCUT2D eigenvalue weighted by atomic mass is 9.88. The van der Waals surface area contributed by atoms with Crippen molar-refractivity contribution in [1.29, 1.82) is 0 Å². The minimum atomic E-state index is -0.478. The third-order valence-electron chi connectivity index (χ3n) is 5.75. The van der Waals surface area contributed by atoms with Gasteiger partial charge in [0.1, 0.15) is 0 Å². The smallest absolute Gasteiger partial charge is 0.255 e. The van der Waals surface area contributed by atoms with Crippen LogP contribution in [0, 0.1) is 0 Å². The van der Waals surface area contributed by atoms with E-state index in [-0.39, 0.29) is 6.61 Å². The normalized spacial score (nSPS) is 19.1. The molecular weight excluding hydrogens is 328 g/mol. The zero-order valence-corrected chi connectivity index (χ0v) is 15.9. The number of benzene rings is 1. The van der Waals surface area contributed by atoms with Crippen LogP contribution in [0.5, 0.6) is 11.5 Å². The number of primary amides is 1. The summed E-state index contributed by atoms with van der Waals surface area (Å²) in [6.45, 7) is -0.132. The van der Waals surface area contributed by atoms with E-state index < -0.39 is 5.91 Å². The highest BCUT2D eigenvalue weighted by Crippen LogP contribution is 2.38. The van der Waals surface area contributed by atoms with Crippen LogP contribution in [-0.2, 0) is 4.79 Å². The molecule has 0 atom stereocenters. The molecule has 26 heavy (non-hydrogen) atoms. The van der Waals surface area contributed by atoms with Crippen molar-refractivity contribution in [2.75, 3.05) is 18.6 Å². The fraction of sp³-hybridized carbons (Fsp3) is 0.667. The topological polar surface area (TPSA) is 64.8 Å². The largest absolute Gasteiger partial charge is 0.493 e. The van der Waals surface area contributed by atoms with Gasteiger partial charge < -0.3 is 20.1 Å². The summed E-state index contributed by atoms with van der Waals surface area (Å²) in [5.41, 5.74) is 6.43. The van der Waals surface area contributed by atoms with Crippen molar-refractivity contribution in [3.05, 3.63) is 18.2 Å². The summed E-state index contributed by atoms with van der Waals surface area (Å²) in [5.74, 6) is 0.761. The minimum absolute atomic E-state index is 0.132. The molecule has 1 amide bonds. The Morgan fingerprint density at radius 3 is 2.08 bits per heavy atom. The highest BCUT2D eigenvalue weighted by atomic mass is 16.5. The van der Waals surface area contributed by atoms with E-state index in [4.69, 9.17) is 15.2 Å². The van der Waals surface area contributed by atoms with Crippen LogP contribution in [0.15, 0.2) is 18.2 Å². The molecule has 0 saturated heterocycles. The molecule has 5 heteroatoms. The number of amides is 1. The molecule has 3 rings (SSSR count). The van der Waals surface area contributed by atoms with E-state index in [9.17, 15) is 4.79 Å². The standard InChI is InChI=1S/C21H32N2O3/c1-25-19-13-12-18(14-20(19)26-15-21(22)24)23(16-8-4-2-5-9-16)17-10-6-3-7-11-17/h12-14,16-17H,2-11,15H2,1H3,(H2,22,24). The lowest BCUT2D eigenvalue weighted by Gasteiger charge is -2.43. The van der Waals surface area contributed by atoms with Crippen molar-refractivity contribution in [1.82, 2.24) is 0 Å². The number of carbonyl (C=O) groups is 1. The lowest BCUT2D eigenvalue weighted by molar-refractivity contribution is -0.119. The molecule has 5 nitrogen and oxygen atoms in total. The predicted octanol–water partition coefficient (Wildman–Crippen LogP) is 4.03. The SMILES string of the molecule is COc1ccc(N(C2CCCCC2)C2CCCCC2)cc1OCC(N)=O. The van der Waals surface area contributed by atoms with Crippen molar-refractivity contribution in [2.45, 2.75) is 76.3 Å². The van der Waals surface area contributed by atoms with E-state index >= 15 is 0 Å². The van der Waals surface area contributed by atoms with E-state index in [0.717, 1.165) is 0 Å². The average molecular weight is 360 g/mol. The first-order chi connectivity index (χ1) is 12.7. The second kappa shape index (κ2) is 9.15. The third-order valence-corrected chi connectivity index (χ3v) is 5.75.